The predicted octanol–water partition coefficient (Wildman–Crippen LogP) is 2.70. The van der Waals surface area contributed by atoms with Crippen LogP contribution in [0.2, 0.25) is 5.02 Å². The number of hydrogen-bond acceptors (Lipinski definition) is 3. The minimum atomic E-state index is -0.293. The molecule has 0 radical (unpaired) electrons. The Morgan fingerprint density at radius 2 is 2.17 bits per heavy atom. The van der Waals surface area contributed by atoms with E-state index in [0.29, 0.717) is 5.02 Å². The van der Waals surface area contributed by atoms with Crippen molar-refractivity contribution in [2.45, 2.75) is 32.9 Å². The molecule has 2 aromatic heterocycles. The molecule has 2 N–H and O–H groups in total. The zero-order valence-electron chi connectivity index (χ0n) is 10.6. The average molecular weight is 265 g/mol. The fourth-order valence-corrected chi connectivity index (χ4v) is 2.24. The second-order valence-electron chi connectivity index (χ2n) is 4.37. The Labute approximate surface area is 112 Å². The van der Waals surface area contributed by atoms with Crippen molar-refractivity contribution in [3.05, 3.63) is 46.5 Å². The van der Waals surface area contributed by atoms with Gasteiger partial charge in [-0.15, -0.1) is 0 Å². The third-order valence-corrected chi connectivity index (χ3v) is 3.11. The third-order valence-electron chi connectivity index (χ3n) is 2.82. The van der Waals surface area contributed by atoms with Gasteiger partial charge in [-0.1, -0.05) is 24.6 Å². The first-order valence-electron chi connectivity index (χ1n) is 6.01. The molecule has 1 atom stereocenters. The van der Waals surface area contributed by atoms with Gasteiger partial charge in [0.1, 0.15) is 0 Å². The molecule has 4 nitrogen and oxygen atoms in total. The fraction of sp³-hybridized carbons (Fsp3) is 0.385. The smallest absolute Gasteiger partial charge is 0.0837 e. The zero-order valence-corrected chi connectivity index (χ0v) is 11.4. The van der Waals surface area contributed by atoms with Crippen molar-refractivity contribution in [2.75, 3.05) is 0 Å². The number of rotatable bonds is 4. The van der Waals surface area contributed by atoms with Gasteiger partial charge in [0, 0.05) is 18.9 Å². The molecule has 0 saturated heterocycles. The van der Waals surface area contributed by atoms with E-state index in [-0.39, 0.29) is 6.04 Å². The van der Waals surface area contributed by atoms with Crippen LogP contribution in [0.25, 0.3) is 0 Å². The quantitative estimate of drug-likeness (QED) is 0.924. The van der Waals surface area contributed by atoms with Gasteiger partial charge in [0.05, 0.1) is 23.0 Å². The number of halogens is 1. The first-order valence-corrected chi connectivity index (χ1v) is 6.39. The number of aromatic nitrogens is 3. The maximum atomic E-state index is 6.28. The Kier molecular flexibility index (Phi) is 3.99. The van der Waals surface area contributed by atoms with Crippen molar-refractivity contribution in [3.8, 4) is 0 Å². The Morgan fingerprint density at radius 3 is 2.83 bits per heavy atom. The Bertz CT molecular complexity index is 536. The van der Waals surface area contributed by atoms with E-state index in [1.54, 1.807) is 18.6 Å². The second kappa shape index (κ2) is 5.50. The molecule has 2 aromatic rings. The van der Waals surface area contributed by atoms with Crippen LogP contribution in [0.5, 0.6) is 0 Å². The zero-order chi connectivity index (χ0) is 13.1. The number of hydrogen-bond donors (Lipinski definition) is 1. The van der Waals surface area contributed by atoms with Gasteiger partial charge in [0.2, 0.25) is 0 Å². The summed E-state index contributed by atoms with van der Waals surface area (Å²) in [6, 6.07) is 1.73. The summed E-state index contributed by atoms with van der Waals surface area (Å²) in [5, 5.41) is 4.87. The highest BCUT2D eigenvalue weighted by atomic mass is 35.5. The monoisotopic (exact) mass is 264 g/mol. The van der Waals surface area contributed by atoms with Crippen molar-refractivity contribution in [1.29, 1.82) is 0 Å². The maximum absolute atomic E-state index is 6.28. The van der Waals surface area contributed by atoms with Crippen LogP contribution in [0.4, 0.5) is 0 Å². The molecule has 0 aliphatic heterocycles. The molecular formula is C13H17ClN4. The number of pyridine rings is 1. The molecule has 0 amide bonds. The lowest BCUT2D eigenvalue weighted by molar-refractivity contribution is 0.559. The Morgan fingerprint density at radius 1 is 1.39 bits per heavy atom. The molecule has 96 valence electrons. The number of nitrogens with zero attached hydrogens (tertiary/aromatic N) is 3. The van der Waals surface area contributed by atoms with Gasteiger partial charge in [-0.25, -0.2) is 0 Å². The summed E-state index contributed by atoms with van der Waals surface area (Å²) in [6.45, 7) is 4.91. The third kappa shape index (κ3) is 2.54. The molecular weight excluding hydrogens is 248 g/mol. The van der Waals surface area contributed by atoms with Crippen molar-refractivity contribution in [2.24, 2.45) is 5.73 Å². The Balaban J connectivity index is 2.39. The molecule has 2 heterocycles. The van der Waals surface area contributed by atoms with Crippen LogP contribution < -0.4 is 5.73 Å². The molecule has 1 unspecified atom stereocenters. The van der Waals surface area contributed by atoms with Crippen molar-refractivity contribution >= 4 is 11.6 Å². The Hall–Kier alpha value is -1.39. The summed E-state index contributed by atoms with van der Waals surface area (Å²) in [5.74, 6) is 0. The summed E-state index contributed by atoms with van der Waals surface area (Å²) < 4.78 is 1.87. The van der Waals surface area contributed by atoms with E-state index >= 15 is 0 Å². The summed E-state index contributed by atoms with van der Waals surface area (Å²) >= 11 is 6.18. The maximum Gasteiger partial charge on any atom is 0.0837 e. The van der Waals surface area contributed by atoms with Gasteiger partial charge in [0.15, 0.2) is 0 Å². The molecule has 0 aromatic carbocycles. The average Bonchev–Trinajstić information content (AvgIpc) is 2.70. The van der Waals surface area contributed by atoms with Crippen molar-refractivity contribution in [3.63, 3.8) is 0 Å². The molecule has 18 heavy (non-hydrogen) atoms. The van der Waals surface area contributed by atoms with Crippen LogP contribution >= 0.6 is 11.6 Å². The largest absolute Gasteiger partial charge is 0.319 e. The summed E-state index contributed by atoms with van der Waals surface area (Å²) in [5.41, 5.74) is 9.17. The highest BCUT2D eigenvalue weighted by molar-refractivity contribution is 6.31. The molecule has 0 saturated carbocycles. The number of nitrogens with two attached hydrogens (primary N) is 1. The molecule has 2 rings (SSSR count). The predicted molar refractivity (Wildman–Crippen MR) is 72.5 cm³/mol. The lowest BCUT2D eigenvalue weighted by atomic mass is 10.1. The van der Waals surface area contributed by atoms with Crippen LogP contribution in [0.15, 0.2) is 24.7 Å². The second-order valence-corrected chi connectivity index (χ2v) is 4.78. The van der Waals surface area contributed by atoms with Crippen LogP contribution in [0, 0.1) is 6.92 Å². The summed E-state index contributed by atoms with van der Waals surface area (Å²) in [4.78, 5) is 4.17. The molecule has 0 bridgehead atoms. The highest BCUT2D eigenvalue weighted by Crippen LogP contribution is 2.26. The van der Waals surface area contributed by atoms with Gasteiger partial charge in [-0.2, -0.15) is 5.10 Å². The van der Waals surface area contributed by atoms with Crippen molar-refractivity contribution < 1.29 is 0 Å². The van der Waals surface area contributed by atoms with Crippen LogP contribution in [-0.2, 0) is 6.54 Å². The van der Waals surface area contributed by atoms with E-state index in [1.807, 2.05) is 17.7 Å². The van der Waals surface area contributed by atoms with Gasteiger partial charge < -0.3 is 5.73 Å². The highest BCUT2D eigenvalue weighted by Gasteiger charge is 2.18. The fourth-order valence-electron chi connectivity index (χ4n) is 1.98. The lowest BCUT2D eigenvalue weighted by Crippen LogP contribution is -2.18. The minimum absolute atomic E-state index is 0.293. The van der Waals surface area contributed by atoms with Crippen molar-refractivity contribution in [1.82, 2.24) is 14.8 Å². The van der Waals surface area contributed by atoms with Gasteiger partial charge in [0.25, 0.3) is 0 Å². The molecule has 0 fully saturated rings. The van der Waals surface area contributed by atoms with E-state index in [4.69, 9.17) is 17.3 Å². The number of aryl methyl sites for hydroxylation is 2. The molecule has 0 aliphatic carbocycles. The minimum Gasteiger partial charge on any atom is -0.319 e. The lowest BCUT2D eigenvalue weighted by Gasteiger charge is -2.15. The topological polar surface area (TPSA) is 56.7 Å². The van der Waals surface area contributed by atoms with Gasteiger partial charge in [-0.3, -0.25) is 9.67 Å². The SMILES string of the molecule is CCCn1ncc(Cl)c1C(N)c1cncc(C)c1. The summed E-state index contributed by atoms with van der Waals surface area (Å²) in [6.07, 6.45) is 6.22. The van der Waals surface area contributed by atoms with Crippen LogP contribution in [-0.4, -0.2) is 14.8 Å². The molecule has 5 heteroatoms. The van der Waals surface area contributed by atoms with E-state index < -0.39 is 0 Å². The standard InChI is InChI=1S/C13H17ClN4/c1-3-4-18-13(11(14)8-17-18)12(15)10-5-9(2)6-16-7-10/h5-8,12H,3-4,15H2,1-2H3. The van der Waals surface area contributed by atoms with Crippen LogP contribution in [0.3, 0.4) is 0 Å². The van der Waals surface area contributed by atoms with E-state index in [0.717, 1.165) is 29.8 Å². The first-order chi connectivity index (χ1) is 8.63. The van der Waals surface area contributed by atoms with Crippen LogP contribution in [0.1, 0.15) is 36.2 Å². The van der Waals surface area contributed by atoms with Gasteiger partial charge in [-0.05, 0) is 24.5 Å². The summed E-state index contributed by atoms with van der Waals surface area (Å²) in [7, 11) is 0. The molecule has 0 spiro atoms. The van der Waals surface area contributed by atoms with E-state index in [9.17, 15) is 0 Å². The first kappa shape index (κ1) is 13.1. The van der Waals surface area contributed by atoms with E-state index in [1.165, 1.54) is 0 Å². The van der Waals surface area contributed by atoms with Gasteiger partial charge >= 0.3 is 0 Å². The normalized spacial score (nSPS) is 12.7. The molecule has 0 aliphatic rings. The van der Waals surface area contributed by atoms with E-state index in [2.05, 4.69) is 17.0 Å².